The SMILES string of the molecule is N#Cc1ccnc(N2C[C@@H]3C[C@H](C2)c2cc(-c4cccnc4)cc(=O)n2C3)c1. The molecular weight excluding hydrogens is 350 g/mol. The first-order chi connectivity index (χ1) is 13.7. The minimum Gasteiger partial charge on any atom is -0.356 e. The molecule has 1 saturated heterocycles. The van der Waals surface area contributed by atoms with Crippen LogP contribution in [0.5, 0.6) is 0 Å². The van der Waals surface area contributed by atoms with Gasteiger partial charge in [-0.05, 0) is 42.2 Å². The van der Waals surface area contributed by atoms with E-state index in [4.69, 9.17) is 0 Å². The summed E-state index contributed by atoms with van der Waals surface area (Å²) in [4.78, 5) is 23.7. The molecule has 0 radical (unpaired) electrons. The first-order valence-electron chi connectivity index (χ1n) is 9.47. The van der Waals surface area contributed by atoms with Gasteiger partial charge >= 0.3 is 0 Å². The monoisotopic (exact) mass is 369 g/mol. The largest absolute Gasteiger partial charge is 0.356 e. The van der Waals surface area contributed by atoms with Crippen molar-refractivity contribution in [2.45, 2.75) is 18.9 Å². The number of piperidine rings is 1. The Labute approximate surface area is 162 Å². The van der Waals surface area contributed by atoms with E-state index in [1.807, 2.05) is 22.8 Å². The maximum atomic E-state index is 12.8. The van der Waals surface area contributed by atoms with E-state index in [1.54, 1.807) is 30.7 Å². The molecule has 0 aliphatic carbocycles. The number of hydrogen-bond donors (Lipinski definition) is 0. The molecule has 5 rings (SSSR count). The van der Waals surface area contributed by atoms with Gasteiger partial charge in [-0.1, -0.05) is 6.07 Å². The molecule has 6 nitrogen and oxygen atoms in total. The summed E-state index contributed by atoms with van der Waals surface area (Å²) < 4.78 is 1.94. The molecule has 2 atom stereocenters. The lowest BCUT2D eigenvalue weighted by Gasteiger charge is -2.43. The summed E-state index contributed by atoms with van der Waals surface area (Å²) in [5.41, 5.74) is 3.65. The Hall–Kier alpha value is -3.46. The van der Waals surface area contributed by atoms with Crippen LogP contribution in [0.2, 0.25) is 0 Å². The highest BCUT2D eigenvalue weighted by atomic mass is 16.1. The first kappa shape index (κ1) is 16.7. The molecule has 28 heavy (non-hydrogen) atoms. The third kappa shape index (κ3) is 2.85. The van der Waals surface area contributed by atoms with Crippen LogP contribution in [0.25, 0.3) is 11.1 Å². The summed E-state index contributed by atoms with van der Waals surface area (Å²) in [7, 11) is 0. The molecular formula is C22H19N5O. The fourth-order valence-electron chi connectivity index (χ4n) is 4.51. The van der Waals surface area contributed by atoms with Crippen molar-refractivity contribution < 1.29 is 0 Å². The van der Waals surface area contributed by atoms with E-state index in [9.17, 15) is 10.1 Å². The molecule has 5 heterocycles. The molecule has 0 N–H and O–H groups in total. The van der Waals surface area contributed by atoms with E-state index < -0.39 is 0 Å². The Balaban J connectivity index is 1.53. The van der Waals surface area contributed by atoms with Crippen molar-refractivity contribution in [1.29, 1.82) is 5.26 Å². The molecule has 3 aromatic heterocycles. The van der Waals surface area contributed by atoms with Crippen LogP contribution in [-0.2, 0) is 6.54 Å². The fraction of sp³-hybridized carbons (Fsp3) is 0.273. The molecule has 0 amide bonds. The summed E-state index contributed by atoms with van der Waals surface area (Å²) in [5, 5.41) is 9.18. The Bertz CT molecular complexity index is 1130. The summed E-state index contributed by atoms with van der Waals surface area (Å²) in [6, 6.07) is 13.5. The van der Waals surface area contributed by atoms with Gasteiger partial charge in [-0.3, -0.25) is 9.78 Å². The highest BCUT2D eigenvalue weighted by Crippen LogP contribution is 2.37. The minimum atomic E-state index is 0.0594. The third-order valence-corrected chi connectivity index (χ3v) is 5.75. The van der Waals surface area contributed by atoms with Crippen molar-refractivity contribution in [3.05, 3.63) is 76.6 Å². The lowest BCUT2D eigenvalue weighted by atomic mass is 9.82. The van der Waals surface area contributed by atoms with E-state index in [-0.39, 0.29) is 11.5 Å². The number of aromatic nitrogens is 3. The minimum absolute atomic E-state index is 0.0594. The normalized spacial score (nSPS) is 20.3. The van der Waals surface area contributed by atoms with E-state index in [1.165, 1.54) is 0 Å². The van der Waals surface area contributed by atoms with Gasteiger partial charge in [-0.25, -0.2) is 4.98 Å². The van der Waals surface area contributed by atoms with Gasteiger partial charge in [0.15, 0.2) is 0 Å². The predicted octanol–water partition coefficient (Wildman–Crippen LogP) is 2.80. The van der Waals surface area contributed by atoms with Crippen LogP contribution in [0.3, 0.4) is 0 Å². The van der Waals surface area contributed by atoms with Crippen molar-refractivity contribution in [2.75, 3.05) is 18.0 Å². The van der Waals surface area contributed by atoms with Crippen molar-refractivity contribution >= 4 is 5.82 Å². The Morgan fingerprint density at radius 1 is 1.07 bits per heavy atom. The second-order valence-electron chi connectivity index (χ2n) is 7.58. The zero-order chi connectivity index (χ0) is 19.1. The zero-order valence-electron chi connectivity index (χ0n) is 15.3. The highest BCUT2D eigenvalue weighted by Gasteiger charge is 2.35. The fourth-order valence-corrected chi connectivity index (χ4v) is 4.51. The van der Waals surface area contributed by atoms with Crippen LogP contribution in [0.1, 0.15) is 23.6 Å². The molecule has 1 fully saturated rings. The molecule has 0 spiro atoms. The predicted molar refractivity (Wildman–Crippen MR) is 106 cm³/mol. The molecule has 2 aliphatic rings. The lowest BCUT2D eigenvalue weighted by Crippen LogP contribution is -2.47. The molecule has 0 unspecified atom stereocenters. The average molecular weight is 369 g/mol. The smallest absolute Gasteiger partial charge is 0.251 e. The van der Waals surface area contributed by atoms with Crippen molar-refractivity contribution in [3.8, 4) is 17.2 Å². The number of nitrogens with zero attached hydrogens (tertiary/aromatic N) is 5. The molecule has 3 aromatic rings. The van der Waals surface area contributed by atoms with Gasteiger partial charge in [0.1, 0.15) is 5.82 Å². The Morgan fingerprint density at radius 2 is 2.00 bits per heavy atom. The lowest BCUT2D eigenvalue weighted by molar-refractivity contribution is 0.281. The van der Waals surface area contributed by atoms with Gasteiger partial charge in [-0.15, -0.1) is 0 Å². The van der Waals surface area contributed by atoms with Crippen molar-refractivity contribution in [3.63, 3.8) is 0 Å². The molecule has 2 bridgehead atoms. The second-order valence-corrected chi connectivity index (χ2v) is 7.58. The standard InChI is InChI=1S/C22H19N5O/c23-10-15-3-5-25-21(7-15)26-12-16-6-19(14-26)20-8-18(9-22(28)27(20)13-16)17-2-1-4-24-11-17/h1-5,7-9,11,16,19H,6,12-14H2/t16-,19+/m0/s1. The first-order valence-corrected chi connectivity index (χ1v) is 9.47. The summed E-state index contributed by atoms with van der Waals surface area (Å²) in [6.45, 7) is 2.38. The van der Waals surface area contributed by atoms with Crippen LogP contribution < -0.4 is 10.5 Å². The van der Waals surface area contributed by atoms with E-state index in [2.05, 4.69) is 27.0 Å². The average Bonchev–Trinajstić information content (AvgIpc) is 2.75. The van der Waals surface area contributed by atoms with Gasteiger partial charge in [0.2, 0.25) is 0 Å². The maximum Gasteiger partial charge on any atom is 0.251 e. The van der Waals surface area contributed by atoms with Crippen LogP contribution in [-0.4, -0.2) is 27.6 Å². The Kier molecular flexibility index (Phi) is 3.94. The number of rotatable bonds is 2. The van der Waals surface area contributed by atoms with Gasteiger partial charge < -0.3 is 9.47 Å². The highest BCUT2D eigenvalue weighted by molar-refractivity contribution is 5.62. The number of fused-ring (bicyclic) bond motifs is 4. The summed E-state index contributed by atoms with van der Waals surface area (Å²) in [5.74, 6) is 1.51. The van der Waals surface area contributed by atoms with Gasteiger partial charge in [0.25, 0.3) is 5.56 Å². The summed E-state index contributed by atoms with van der Waals surface area (Å²) in [6.07, 6.45) is 6.30. The van der Waals surface area contributed by atoms with Gasteiger partial charge in [0, 0.05) is 61.5 Å². The summed E-state index contributed by atoms with van der Waals surface area (Å²) >= 11 is 0. The number of hydrogen-bond acceptors (Lipinski definition) is 5. The second kappa shape index (κ2) is 6.61. The quantitative estimate of drug-likeness (QED) is 0.694. The number of nitriles is 1. The molecule has 0 saturated carbocycles. The van der Waals surface area contributed by atoms with E-state index >= 15 is 0 Å². The molecule has 0 aromatic carbocycles. The number of pyridine rings is 3. The van der Waals surface area contributed by atoms with Crippen LogP contribution in [0.4, 0.5) is 5.82 Å². The topological polar surface area (TPSA) is 74.8 Å². The van der Waals surface area contributed by atoms with E-state index in [0.29, 0.717) is 11.5 Å². The van der Waals surface area contributed by atoms with Gasteiger partial charge in [0.05, 0.1) is 11.6 Å². The Morgan fingerprint density at radius 3 is 2.82 bits per heavy atom. The zero-order valence-corrected chi connectivity index (χ0v) is 15.3. The van der Waals surface area contributed by atoms with Crippen LogP contribution >= 0.6 is 0 Å². The molecule has 6 heteroatoms. The van der Waals surface area contributed by atoms with Crippen LogP contribution in [0.15, 0.2) is 59.8 Å². The number of anilines is 1. The van der Waals surface area contributed by atoms with E-state index in [0.717, 1.165) is 48.7 Å². The van der Waals surface area contributed by atoms with Crippen LogP contribution in [0, 0.1) is 17.2 Å². The van der Waals surface area contributed by atoms with Crippen molar-refractivity contribution in [1.82, 2.24) is 14.5 Å². The molecule has 2 aliphatic heterocycles. The maximum absolute atomic E-state index is 12.8. The van der Waals surface area contributed by atoms with Crippen molar-refractivity contribution in [2.24, 2.45) is 5.92 Å². The molecule has 138 valence electrons. The third-order valence-electron chi connectivity index (χ3n) is 5.75. The van der Waals surface area contributed by atoms with Gasteiger partial charge in [-0.2, -0.15) is 5.26 Å².